The van der Waals surface area contributed by atoms with Gasteiger partial charge in [-0.25, -0.2) is 15.1 Å². The minimum absolute atomic E-state index is 0.0767. The van der Waals surface area contributed by atoms with E-state index in [-0.39, 0.29) is 12.2 Å². The zero-order valence-corrected chi connectivity index (χ0v) is 27.1. The Bertz CT molecular complexity index is 1560. The fourth-order valence-electron chi connectivity index (χ4n) is 5.18. The van der Waals surface area contributed by atoms with Crippen LogP contribution in [0.25, 0.3) is 10.8 Å². The number of nitrogens with zero attached hydrogens (tertiary/aromatic N) is 1. The Balaban J connectivity index is 1.27. The summed E-state index contributed by atoms with van der Waals surface area (Å²) in [5, 5.41) is 15.5. The molecule has 13 nitrogen and oxygen atoms in total. The van der Waals surface area contributed by atoms with Crippen molar-refractivity contribution in [2.45, 2.75) is 78.5 Å². The number of anilines is 1. The lowest BCUT2D eigenvalue weighted by molar-refractivity contribution is -0.308. The van der Waals surface area contributed by atoms with Gasteiger partial charge in [0.05, 0.1) is 6.10 Å². The second kappa shape index (κ2) is 16.3. The molecule has 47 heavy (non-hydrogen) atoms. The van der Waals surface area contributed by atoms with Crippen molar-refractivity contribution in [3.05, 3.63) is 77.4 Å². The maximum absolute atomic E-state index is 12.7. The van der Waals surface area contributed by atoms with Crippen LogP contribution in [0, 0.1) is 0 Å². The van der Waals surface area contributed by atoms with Gasteiger partial charge in [0, 0.05) is 31.6 Å². The van der Waals surface area contributed by atoms with Gasteiger partial charge in [0.2, 0.25) is 6.29 Å². The van der Waals surface area contributed by atoms with Gasteiger partial charge in [0.25, 0.3) is 5.91 Å². The largest absolute Gasteiger partial charge is 0.457 e. The summed E-state index contributed by atoms with van der Waals surface area (Å²) in [4.78, 5) is 55.9. The molecule has 3 N–H and O–H groups in total. The number of amides is 2. The van der Waals surface area contributed by atoms with E-state index >= 15 is 0 Å². The van der Waals surface area contributed by atoms with Gasteiger partial charge >= 0.3 is 18.0 Å². The zero-order valence-electron chi connectivity index (χ0n) is 27.1. The van der Waals surface area contributed by atoms with Crippen molar-refractivity contribution in [3.63, 3.8) is 0 Å². The number of hydroxylamine groups is 1. The number of nitrogens with one attached hydrogen (secondary N) is 2. The number of aliphatic hydroxyl groups is 1. The Kier molecular flexibility index (Phi) is 12.3. The SMILES string of the molecule is CCN(CC)Cc1ccc2cc(COC(=O)Nc3ccc(C(=O)NO[C@@H]4O[C@@H](C)[C@@H](OC(C)=O)[C@@H](O)[C@@H]4OC(C)=O)cc3)ccc2c1. The maximum Gasteiger partial charge on any atom is 0.411 e. The molecule has 0 bridgehead atoms. The molecule has 2 amide bonds. The summed E-state index contributed by atoms with van der Waals surface area (Å²) in [6.45, 7) is 11.1. The number of hydrogen-bond acceptors (Lipinski definition) is 11. The van der Waals surface area contributed by atoms with Crippen molar-refractivity contribution in [2.24, 2.45) is 0 Å². The standard InChI is InChI=1S/C34H41N3O10/c1-6-37(7-2)18-23-8-10-27-17-24(9-11-26(27)16-23)19-43-34(42)35-28-14-12-25(13-15-28)32(41)36-47-33-31(46-22(5)39)29(40)30(20(3)44-33)45-21(4)38/h8-17,20,29-31,33,40H,6-7,18-19H2,1-5H3,(H,35,42)(H,36,41)/t20-,29+,30+,31-,33-/m0/s1. The topological polar surface area (TPSA) is 162 Å². The Labute approximate surface area is 273 Å². The molecule has 4 rings (SSSR count). The number of carbonyl (C=O) groups excluding carboxylic acids is 4. The summed E-state index contributed by atoms with van der Waals surface area (Å²) in [6, 6.07) is 18.2. The first-order chi connectivity index (χ1) is 22.5. The molecule has 0 radical (unpaired) electrons. The molecular weight excluding hydrogens is 610 g/mol. The van der Waals surface area contributed by atoms with Crippen molar-refractivity contribution in [2.75, 3.05) is 18.4 Å². The number of aliphatic hydroxyl groups excluding tert-OH is 1. The van der Waals surface area contributed by atoms with Gasteiger partial charge in [0.1, 0.15) is 12.7 Å². The Morgan fingerprint density at radius 2 is 1.45 bits per heavy atom. The molecule has 252 valence electrons. The highest BCUT2D eigenvalue weighted by molar-refractivity contribution is 5.94. The van der Waals surface area contributed by atoms with Crippen LogP contribution in [0.1, 0.15) is 56.1 Å². The molecule has 0 spiro atoms. The maximum atomic E-state index is 12.7. The van der Waals surface area contributed by atoms with E-state index in [1.165, 1.54) is 43.7 Å². The number of benzene rings is 3. The van der Waals surface area contributed by atoms with Crippen molar-refractivity contribution in [1.82, 2.24) is 10.4 Å². The lowest BCUT2D eigenvalue weighted by atomic mass is 9.99. The predicted octanol–water partition coefficient (Wildman–Crippen LogP) is 4.06. The minimum atomic E-state index is -1.48. The van der Waals surface area contributed by atoms with Crippen LogP contribution in [-0.2, 0) is 46.5 Å². The number of carbonyl (C=O) groups is 4. The van der Waals surface area contributed by atoms with Crippen LogP contribution in [0.4, 0.5) is 10.5 Å². The van der Waals surface area contributed by atoms with Crippen molar-refractivity contribution >= 4 is 40.4 Å². The molecule has 1 aliphatic rings. The second-order valence-corrected chi connectivity index (χ2v) is 11.2. The minimum Gasteiger partial charge on any atom is -0.457 e. The summed E-state index contributed by atoms with van der Waals surface area (Å²) in [7, 11) is 0. The molecule has 5 atom stereocenters. The van der Waals surface area contributed by atoms with Crippen molar-refractivity contribution < 1.29 is 48.1 Å². The highest BCUT2D eigenvalue weighted by Gasteiger charge is 2.48. The van der Waals surface area contributed by atoms with Gasteiger partial charge in [-0.15, -0.1) is 0 Å². The van der Waals surface area contributed by atoms with Crippen LogP contribution in [0.3, 0.4) is 0 Å². The first-order valence-corrected chi connectivity index (χ1v) is 15.4. The highest BCUT2D eigenvalue weighted by Crippen LogP contribution is 2.27. The second-order valence-electron chi connectivity index (χ2n) is 11.2. The molecule has 0 aromatic heterocycles. The van der Waals surface area contributed by atoms with E-state index in [1.54, 1.807) is 0 Å². The molecule has 0 unspecified atom stereocenters. The van der Waals surface area contributed by atoms with Crippen LogP contribution in [0.15, 0.2) is 60.7 Å². The summed E-state index contributed by atoms with van der Waals surface area (Å²) >= 11 is 0. The Morgan fingerprint density at radius 3 is 2.06 bits per heavy atom. The zero-order chi connectivity index (χ0) is 34.1. The third-order valence-corrected chi connectivity index (χ3v) is 7.66. The number of hydrogen-bond donors (Lipinski definition) is 3. The lowest BCUT2D eigenvalue weighted by Gasteiger charge is -2.41. The fraction of sp³-hybridized carbons (Fsp3) is 0.412. The summed E-state index contributed by atoms with van der Waals surface area (Å²) in [6.07, 6.45) is -6.89. The van der Waals surface area contributed by atoms with E-state index < -0.39 is 54.6 Å². The van der Waals surface area contributed by atoms with Crippen LogP contribution in [0.2, 0.25) is 0 Å². The van der Waals surface area contributed by atoms with E-state index in [0.717, 1.165) is 42.9 Å². The lowest BCUT2D eigenvalue weighted by Crippen LogP contribution is -2.60. The van der Waals surface area contributed by atoms with E-state index in [9.17, 15) is 24.3 Å². The summed E-state index contributed by atoms with van der Waals surface area (Å²) < 4.78 is 21.2. The Morgan fingerprint density at radius 1 is 0.851 bits per heavy atom. The van der Waals surface area contributed by atoms with Gasteiger partial charge < -0.3 is 24.1 Å². The Hall–Kier alpha value is -4.56. The molecule has 0 saturated carbocycles. The molecule has 1 heterocycles. The van der Waals surface area contributed by atoms with Crippen molar-refractivity contribution in [1.29, 1.82) is 0 Å². The molecule has 3 aromatic rings. The first-order valence-electron chi connectivity index (χ1n) is 15.4. The molecule has 3 aromatic carbocycles. The number of ether oxygens (including phenoxy) is 4. The first kappa shape index (κ1) is 35.3. The van der Waals surface area contributed by atoms with Gasteiger partial charge in [-0.2, -0.15) is 0 Å². The van der Waals surface area contributed by atoms with Crippen LogP contribution in [-0.4, -0.2) is 77.7 Å². The molecule has 0 aliphatic carbocycles. The molecule has 1 fully saturated rings. The van der Waals surface area contributed by atoms with E-state index in [0.29, 0.717) is 5.69 Å². The fourth-order valence-corrected chi connectivity index (χ4v) is 5.18. The average molecular weight is 652 g/mol. The third-order valence-electron chi connectivity index (χ3n) is 7.66. The molecule has 1 saturated heterocycles. The van der Waals surface area contributed by atoms with Crippen LogP contribution >= 0.6 is 0 Å². The van der Waals surface area contributed by atoms with Crippen LogP contribution < -0.4 is 10.8 Å². The summed E-state index contributed by atoms with van der Waals surface area (Å²) in [5.74, 6) is -2.08. The third kappa shape index (κ3) is 9.72. The highest BCUT2D eigenvalue weighted by atomic mass is 16.8. The molecular formula is C34H41N3O10. The molecule has 1 aliphatic heterocycles. The number of rotatable bonds is 12. The monoisotopic (exact) mass is 651 g/mol. The van der Waals surface area contributed by atoms with E-state index in [2.05, 4.69) is 47.7 Å². The normalized spacial score (nSPS) is 20.8. The van der Waals surface area contributed by atoms with E-state index in [1.807, 2.05) is 18.2 Å². The number of esters is 2. The predicted molar refractivity (Wildman–Crippen MR) is 171 cm³/mol. The smallest absolute Gasteiger partial charge is 0.411 e. The number of fused-ring (bicyclic) bond motifs is 1. The van der Waals surface area contributed by atoms with Gasteiger partial charge in [-0.05, 0) is 78.3 Å². The van der Waals surface area contributed by atoms with Crippen molar-refractivity contribution in [3.8, 4) is 0 Å². The molecule has 13 heteroatoms. The van der Waals surface area contributed by atoms with Gasteiger partial charge in [-0.3, -0.25) is 24.6 Å². The van der Waals surface area contributed by atoms with E-state index in [4.69, 9.17) is 23.8 Å². The van der Waals surface area contributed by atoms with Gasteiger partial charge in [0.15, 0.2) is 12.2 Å². The summed E-state index contributed by atoms with van der Waals surface area (Å²) in [5.41, 5.74) is 4.87. The van der Waals surface area contributed by atoms with Gasteiger partial charge in [-0.1, -0.05) is 38.1 Å². The average Bonchev–Trinajstić information content (AvgIpc) is 3.05. The van der Waals surface area contributed by atoms with Crippen LogP contribution in [0.5, 0.6) is 0 Å². The quantitative estimate of drug-likeness (QED) is 0.147.